The Balaban J connectivity index is 0.000000201. The molecule has 0 bridgehead atoms. The van der Waals surface area contributed by atoms with Gasteiger partial charge < -0.3 is 15.8 Å². The van der Waals surface area contributed by atoms with Crippen LogP contribution in [0.2, 0.25) is 0 Å². The molecule has 0 aliphatic heterocycles. The van der Waals surface area contributed by atoms with Crippen LogP contribution in [0.3, 0.4) is 0 Å². The quantitative estimate of drug-likeness (QED) is 0.0603. The normalized spacial score (nSPS) is 10.5. The van der Waals surface area contributed by atoms with Crippen molar-refractivity contribution in [1.29, 1.82) is 0 Å². The fourth-order valence-corrected chi connectivity index (χ4v) is 5.44. The van der Waals surface area contributed by atoms with Crippen LogP contribution in [0.25, 0.3) is 0 Å². The molecule has 0 aliphatic carbocycles. The molecule has 0 saturated heterocycles. The van der Waals surface area contributed by atoms with Crippen LogP contribution in [0.1, 0.15) is 112 Å². The molecule has 0 aliphatic rings. The highest BCUT2D eigenvalue weighted by atomic mass is 16.5. The van der Waals surface area contributed by atoms with Crippen LogP contribution in [0.4, 0.5) is 0 Å². The number of aryl methyl sites for hydroxylation is 1. The van der Waals surface area contributed by atoms with Gasteiger partial charge in [-0.15, -0.1) is 0 Å². The predicted octanol–water partition coefficient (Wildman–Crippen LogP) is 5.06. The zero-order valence-corrected chi connectivity index (χ0v) is 33.3. The van der Waals surface area contributed by atoms with Gasteiger partial charge in [0.25, 0.3) is 11.8 Å². The van der Waals surface area contributed by atoms with E-state index in [1.165, 1.54) is 25.5 Å². The molecule has 6 rings (SSSR count). The highest BCUT2D eigenvalue weighted by Crippen LogP contribution is 2.13. The second-order valence-electron chi connectivity index (χ2n) is 13.5. The molecule has 4 aromatic heterocycles. The Labute approximate surface area is 340 Å². The smallest absolute Gasteiger partial charge is 0.269 e. The average molecular weight is 802 g/mol. The van der Waals surface area contributed by atoms with Crippen LogP contribution in [0.15, 0.2) is 97.6 Å². The van der Waals surface area contributed by atoms with Gasteiger partial charge in [0.05, 0.1) is 24.7 Å². The maximum absolute atomic E-state index is 12.3. The highest BCUT2D eigenvalue weighted by Gasteiger charge is 2.18. The number of ether oxygens (including phenoxy) is 1. The molecule has 6 N–H and O–H groups in total. The number of amides is 2. The number of nitrogens with zero attached hydrogens (tertiary/aromatic N) is 4. The van der Waals surface area contributed by atoms with E-state index >= 15 is 0 Å². The van der Waals surface area contributed by atoms with Crippen molar-refractivity contribution in [2.45, 2.75) is 59.5 Å². The summed E-state index contributed by atoms with van der Waals surface area (Å²) in [5, 5.41) is 22.0. The number of hydrogen-bond acceptors (Lipinski definition) is 11. The van der Waals surface area contributed by atoms with E-state index < -0.39 is 5.91 Å². The minimum atomic E-state index is -0.613. The molecule has 2 aromatic carbocycles. The van der Waals surface area contributed by atoms with Gasteiger partial charge in [0, 0.05) is 84.6 Å². The van der Waals surface area contributed by atoms with Crippen molar-refractivity contribution < 1.29 is 33.5 Å². The Morgan fingerprint density at radius 3 is 1.59 bits per heavy atom. The van der Waals surface area contributed by atoms with E-state index in [1.54, 1.807) is 54.7 Å². The Bertz CT molecular complexity index is 2210. The van der Waals surface area contributed by atoms with Crippen molar-refractivity contribution >= 4 is 34.9 Å². The highest BCUT2D eigenvalue weighted by molar-refractivity contribution is 6.02. The average Bonchev–Trinajstić information content (AvgIpc) is 4.01. The lowest BCUT2D eigenvalue weighted by atomic mass is 10.0. The molecule has 0 spiro atoms. The molecule has 306 valence electrons. The van der Waals surface area contributed by atoms with Crippen LogP contribution in [0, 0.1) is 6.92 Å². The van der Waals surface area contributed by atoms with E-state index in [2.05, 4.69) is 40.9 Å². The topological polar surface area (TPSA) is 249 Å². The third-order valence-electron chi connectivity index (χ3n) is 8.51. The Kier molecular flexibility index (Phi) is 17.0. The summed E-state index contributed by atoms with van der Waals surface area (Å²) >= 11 is 0. The first kappa shape index (κ1) is 44.5. The number of H-pyrrole nitrogens is 3. The fraction of sp³-hybridized carbons (Fsp3) is 0.256. The van der Waals surface area contributed by atoms with Gasteiger partial charge in [-0.1, -0.05) is 60.7 Å². The van der Waals surface area contributed by atoms with Crippen molar-refractivity contribution in [2.75, 3.05) is 13.2 Å². The summed E-state index contributed by atoms with van der Waals surface area (Å²) in [6.45, 7) is 8.33. The van der Waals surface area contributed by atoms with Gasteiger partial charge in [0.1, 0.15) is 17.1 Å². The predicted molar refractivity (Wildman–Crippen MR) is 218 cm³/mol. The lowest BCUT2D eigenvalue weighted by Crippen LogP contribution is -2.27. The molecule has 59 heavy (non-hydrogen) atoms. The van der Waals surface area contributed by atoms with Crippen molar-refractivity contribution in [1.82, 2.24) is 40.9 Å². The lowest BCUT2D eigenvalue weighted by molar-refractivity contribution is 0.0755. The van der Waals surface area contributed by atoms with Crippen LogP contribution < -0.4 is 11.1 Å². The van der Waals surface area contributed by atoms with E-state index in [1.807, 2.05) is 45.0 Å². The third-order valence-corrected chi connectivity index (χ3v) is 8.51. The van der Waals surface area contributed by atoms with Crippen molar-refractivity contribution in [3.63, 3.8) is 0 Å². The number of benzene rings is 2. The van der Waals surface area contributed by atoms with Crippen molar-refractivity contribution in [3.8, 4) is 0 Å². The van der Waals surface area contributed by atoms with E-state index in [0.717, 1.165) is 12.1 Å². The molecule has 0 saturated carbocycles. The Morgan fingerprint density at radius 1 is 0.644 bits per heavy atom. The van der Waals surface area contributed by atoms with Crippen LogP contribution in [-0.4, -0.2) is 89.8 Å². The monoisotopic (exact) mass is 801 g/mol. The first-order valence-corrected chi connectivity index (χ1v) is 18.7. The summed E-state index contributed by atoms with van der Waals surface area (Å²) in [6, 6.07) is 21.4. The number of nitrogens with one attached hydrogen (secondary N) is 4. The molecule has 0 fully saturated rings. The number of carbonyl (C=O) groups excluding carboxylic acids is 6. The summed E-state index contributed by atoms with van der Waals surface area (Å²) < 4.78 is 5.43. The molecule has 16 nitrogen and oxygen atoms in total. The molecule has 2 amide bonds. The lowest BCUT2D eigenvalue weighted by Gasteiger charge is -2.08. The molecule has 0 atom stereocenters. The minimum absolute atomic E-state index is 0.0190. The van der Waals surface area contributed by atoms with Gasteiger partial charge in [-0.2, -0.15) is 15.3 Å². The third kappa shape index (κ3) is 14.0. The number of carbonyl (C=O) groups is 6. The number of nitrogens with two attached hydrogens (primary N) is 1. The second kappa shape index (κ2) is 22.5. The zero-order valence-electron chi connectivity index (χ0n) is 33.3. The van der Waals surface area contributed by atoms with Crippen LogP contribution in [-0.2, 0) is 24.0 Å². The first-order valence-electron chi connectivity index (χ1n) is 18.7. The van der Waals surface area contributed by atoms with Crippen LogP contribution >= 0.6 is 0 Å². The maximum Gasteiger partial charge on any atom is 0.269 e. The number of primary amides is 1. The summed E-state index contributed by atoms with van der Waals surface area (Å²) in [5.41, 5.74) is 10.4. The van der Waals surface area contributed by atoms with E-state index in [-0.39, 0.29) is 60.1 Å². The number of aromatic nitrogens is 7. The Hall–Kier alpha value is -7.20. The molecule has 0 radical (unpaired) electrons. The summed E-state index contributed by atoms with van der Waals surface area (Å²) in [6.07, 6.45) is 7.33. The van der Waals surface area contributed by atoms with Gasteiger partial charge >= 0.3 is 0 Å². The van der Waals surface area contributed by atoms with Crippen molar-refractivity contribution in [2.24, 2.45) is 5.73 Å². The molecule has 4 heterocycles. The summed E-state index contributed by atoms with van der Waals surface area (Å²) in [5.74, 6) is -1.19. The van der Waals surface area contributed by atoms with Gasteiger partial charge in [-0.05, 0) is 39.3 Å². The van der Waals surface area contributed by atoms with Gasteiger partial charge in [0.2, 0.25) is 0 Å². The number of ketones is 4. The fourth-order valence-electron chi connectivity index (χ4n) is 5.44. The number of pyridine rings is 1. The van der Waals surface area contributed by atoms with E-state index in [9.17, 15) is 28.8 Å². The van der Waals surface area contributed by atoms with Gasteiger partial charge in [-0.3, -0.25) is 49.0 Å². The molecular formula is C43H47N9O7. The van der Waals surface area contributed by atoms with E-state index in [0.29, 0.717) is 57.9 Å². The van der Waals surface area contributed by atoms with Crippen molar-refractivity contribution in [3.05, 3.63) is 154 Å². The maximum atomic E-state index is 12.3. The summed E-state index contributed by atoms with van der Waals surface area (Å²) in [4.78, 5) is 74.8. The molecule has 6 aromatic rings. The number of aromatic amines is 3. The van der Waals surface area contributed by atoms with Gasteiger partial charge in [-0.25, -0.2) is 0 Å². The molecule has 0 unspecified atom stereocenters. The number of hydrogen-bond donors (Lipinski definition) is 5. The standard InChI is InChI=1S/C18H24N4O3.C13H12N2O2.C12H11N3O2/c1-12(2)25-8-4-7-19-18(24)17-15(11-21-22-17)9-16(23)14-6-5-13(3)20-10-14;1-9(16)13-11(8-14-15-13)7-12(17)10-5-3-2-4-6-10;13-12(17)11-9(7-14-15-11)6-10(16)8-4-2-1-3-5-8/h5-6,10-12H,4,7-9H2,1-3H3,(H,19,24)(H,21,22);2-6,8H,7H2,1H3,(H,14,15);1-5,7H,6H2,(H2,13,17)(H,14,15). The number of Topliss-reactive ketones (excluding diaryl/α,β-unsaturated/α-hetero) is 4. The Morgan fingerprint density at radius 2 is 1.12 bits per heavy atom. The first-order chi connectivity index (χ1) is 28.3. The van der Waals surface area contributed by atoms with Crippen LogP contribution in [0.5, 0.6) is 0 Å². The SMILES string of the molecule is CC(=O)c1[nH]ncc1CC(=O)c1ccccc1.Cc1ccc(C(=O)Cc2cn[nH]c2C(=O)NCCCOC(C)C)cn1.NC(=O)c1[nH]ncc1CC(=O)c1ccccc1. The molecule has 16 heteroatoms. The largest absolute Gasteiger partial charge is 0.379 e. The number of rotatable bonds is 17. The van der Waals surface area contributed by atoms with Gasteiger partial charge in [0.15, 0.2) is 23.1 Å². The van der Waals surface area contributed by atoms with E-state index in [4.69, 9.17) is 10.5 Å². The minimum Gasteiger partial charge on any atom is -0.379 e. The summed E-state index contributed by atoms with van der Waals surface area (Å²) in [7, 11) is 0. The molecular weight excluding hydrogens is 755 g/mol. The zero-order chi connectivity index (χ0) is 42.7. The second-order valence-corrected chi connectivity index (χ2v) is 13.5.